The molecule has 0 aliphatic heterocycles. The summed E-state index contributed by atoms with van der Waals surface area (Å²) in [5.74, 6) is 5.30. The fraction of sp³-hybridized carbons (Fsp3) is 0.188. The molecule has 0 radical (unpaired) electrons. The second kappa shape index (κ2) is 6.73. The van der Waals surface area contributed by atoms with E-state index in [0.717, 1.165) is 12.0 Å². The lowest BCUT2D eigenvalue weighted by Crippen LogP contribution is -2.29. The summed E-state index contributed by atoms with van der Waals surface area (Å²) in [5, 5.41) is 3.04. The third-order valence-corrected chi connectivity index (χ3v) is 3.24. The van der Waals surface area contributed by atoms with Crippen molar-refractivity contribution in [1.82, 2.24) is 5.32 Å². The Morgan fingerprint density at radius 3 is 2.40 bits per heavy atom. The molecule has 2 rings (SSSR count). The number of amides is 1. The number of hydrogen-bond acceptors (Lipinski definition) is 3. The highest BCUT2D eigenvalue weighted by Crippen LogP contribution is 2.19. The maximum atomic E-state index is 12.4. The summed E-state index contributed by atoms with van der Waals surface area (Å²) in [6.07, 6.45) is 0.827. The average Bonchev–Trinajstić information content (AvgIpc) is 2.53. The van der Waals surface area contributed by atoms with E-state index in [0.29, 0.717) is 11.3 Å². The second-order valence-electron chi connectivity index (χ2n) is 4.53. The first kappa shape index (κ1) is 14.1. The van der Waals surface area contributed by atoms with Gasteiger partial charge in [-0.05, 0) is 24.1 Å². The predicted molar refractivity (Wildman–Crippen MR) is 81.2 cm³/mol. The first-order valence-electron chi connectivity index (χ1n) is 6.67. The maximum absolute atomic E-state index is 12.4. The van der Waals surface area contributed by atoms with E-state index >= 15 is 0 Å². The van der Waals surface area contributed by atoms with Crippen LogP contribution >= 0.6 is 0 Å². The zero-order valence-electron chi connectivity index (χ0n) is 11.5. The first-order valence-corrected chi connectivity index (χ1v) is 6.67. The number of hydrogen-bond donors (Lipinski definition) is 3. The van der Waals surface area contributed by atoms with Crippen molar-refractivity contribution in [2.24, 2.45) is 5.84 Å². The van der Waals surface area contributed by atoms with Gasteiger partial charge in [-0.25, -0.2) is 0 Å². The summed E-state index contributed by atoms with van der Waals surface area (Å²) >= 11 is 0. The topological polar surface area (TPSA) is 67.2 Å². The molecule has 4 nitrogen and oxygen atoms in total. The molecule has 104 valence electrons. The fourth-order valence-electron chi connectivity index (χ4n) is 2.15. The molecule has 2 aromatic carbocycles. The average molecular weight is 269 g/mol. The monoisotopic (exact) mass is 269 g/mol. The summed E-state index contributed by atoms with van der Waals surface area (Å²) in [6, 6.07) is 17.1. The molecule has 4 heteroatoms. The van der Waals surface area contributed by atoms with E-state index in [2.05, 4.69) is 10.7 Å². The van der Waals surface area contributed by atoms with Gasteiger partial charge >= 0.3 is 0 Å². The first-order chi connectivity index (χ1) is 9.76. The molecule has 1 atom stereocenters. The van der Waals surface area contributed by atoms with Gasteiger partial charge in [0.05, 0.1) is 17.3 Å². The third kappa shape index (κ3) is 3.16. The Morgan fingerprint density at radius 1 is 1.10 bits per heavy atom. The largest absolute Gasteiger partial charge is 0.345 e. The molecule has 0 fully saturated rings. The molecular weight excluding hydrogens is 250 g/mol. The van der Waals surface area contributed by atoms with E-state index in [9.17, 15) is 4.79 Å². The van der Waals surface area contributed by atoms with Crippen molar-refractivity contribution >= 4 is 11.6 Å². The minimum Gasteiger partial charge on any atom is -0.345 e. The minimum atomic E-state index is -0.130. The lowest BCUT2D eigenvalue weighted by Gasteiger charge is -2.18. The second-order valence-corrected chi connectivity index (χ2v) is 4.53. The van der Waals surface area contributed by atoms with Crippen molar-refractivity contribution < 1.29 is 4.79 Å². The highest BCUT2D eigenvalue weighted by molar-refractivity contribution is 5.99. The van der Waals surface area contributed by atoms with Crippen molar-refractivity contribution in [3.05, 3.63) is 65.7 Å². The van der Waals surface area contributed by atoms with Crippen LogP contribution in [0, 0.1) is 0 Å². The number of benzene rings is 2. The van der Waals surface area contributed by atoms with Crippen LogP contribution in [0.2, 0.25) is 0 Å². The molecular formula is C16H19N3O. The normalized spacial score (nSPS) is 11.7. The van der Waals surface area contributed by atoms with Crippen LogP contribution in [0.3, 0.4) is 0 Å². The number of nitrogen functional groups attached to an aromatic ring is 1. The Hall–Kier alpha value is -2.33. The molecule has 0 heterocycles. The van der Waals surface area contributed by atoms with Crippen LogP contribution in [0.25, 0.3) is 0 Å². The van der Waals surface area contributed by atoms with E-state index in [1.165, 1.54) is 0 Å². The fourth-order valence-corrected chi connectivity index (χ4v) is 2.15. The molecule has 0 saturated carbocycles. The molecule has 0 aliphatic rings. The number of hydrazine groups is 1. The van der Waals surface area contributed by atoms with Gasteiger partial charge in [0.15, 0.2) is 0 Å². The molecule has 0 aliphatic carbocycles. The molecule has 4 N–H and O–H groups in total. The van der Waals surface area contributed by atoms with E-state index in [1.54, 1.807) is 12.1 Å². The lowest BCUT2D eigenvalue weighted by molar-refractivity contribution is 0.0936. The van der Waals surface area contributed by atoms with Crippen LogP contribution in [-0.2, 0) is 0 Å². The minimum absolute atomic E-state index is 0.00506. The summed E-state index contributed by atoms with van der Waals surface area (Å²) in [5.41, 5.74) is 4.81. The predicted octanol–water partition coefficient (Wildman–Crippen LogP) is 2.85. The van der Waals surface area contributed by atoms with Crippen molar-refractivity contribution in [2.75, 3.05) is 5.43 Å². The van der Waals surface area contributed by atoms with Crippen molar-refractivity contribution in [3.8, 4) is 0 Å². The molecule has 0 saturated heterocycles. The van der Waals surface area contributed by atoms with Gasteiger partial charge in [-0.2, -0.15) is 0 Å². The Bertz CT molecular complexity index is 569. The molecule has 0 spiro atoms. The van der Waals surface area contributed by atoms with Crippen LogP contribution in [-0.4, -0.2) is 5.91 Å². The number of nitrogens with one attached hydrogen (secondary N) is 2. The van der Waals surface area contributed by atoms with Crippen LogP contribution < -0.4 is 16.6 Å². The van der Waals surface area contributed by atoms with E-state index in [1.807, 2.05) is 49.4 Å². The summed E-state index contributed by atoms with van der Waals surface area (Å²) in [4.78, 5) is 12.4. The van der Waals surface area contributed by atoms with Gasteiger partial charge in [0.1, 0.15) is 0 Å². The van der Waals surface area contributed by atoms with Crippen LogP contribution in [0.4, 0.5) is 5.69 Å². The van der Waals surface area contributed by atoms with Gasteiger partial charge in [-0.15, -0.1) is 0 Å². The highest BCUT2D eigenvalue weighted by Gasteiger charge is 2.15. The zero-order valence-corrected chi connectivity index (χ0v) is 11.5. The summed E-state index contributed by atoms with van der Waals surface area (Å²) in [7, 11) is 0. The lowest BCUT2D eigenvalue weighted by atomic mass is 10.0. The number of carbonyl (C=O) groups is 1. The van der Waals surface area contributed by atoms with Gasteiger partial charge in [-0.3, -0.25) is 10.6 Å². The highest BCUT2D eigenvalue weighted by atomic mass is 16.1. The smallest absolute Gasteiger partial charge is 0.253 e. The van der Waals surface area contributed by atoms with Crippen LogP contribution in [0.15, 0.2) is 54.6 Å². The number of anilines is 1. The molecule has 1 unspecified atom stereocenters. The number of para-hydroxylation sites is 1. The quantitative estimate of drug-likeness (QED) is 0.577. The van der Waals surface area contributed by atoms with Gasteiger partial charge in [0.2, 0.25) is 0 Å². The van der Waals surface area contributed by atoms with Gasteiger partial charge in [0, 0.05) is 0 Å². The van der Waals surface area contributed by atoms with Gasteiger partial charge in [-0.1, -0.05) is 49.4 Å². The SMILES string of the molecule is CCC(NC(=O)c1ccccc1NN)c1ccccc1. The number of carbonyl (C=O) groups excluding carboxylic acids is 1. The number of nitrogens with two attached hydrogens (primary N) is 1. The zero-order chi connectivity index (χ0) is 14.4. The van der Waals surface area contributed by atoms with Crippen LogP contribution in [0.5, 0.6) is 0 Å². The Kier molecular flexibility index (Phi) is 4.74. The molecule has 2 aromatic rings. The third-order valence-electron chi connectivity index (χ3n) is 3.24. The Labute approximate surface area is 119 Å². The van der Waals surface area contributed by atoms with Gasteiger partial charge < -0.3 is 10.7 Å². The molecule has 1 amide bonds. The van der Waals surface area contributed by atoms with Gasteiger partial charge in [0.25, 0.3) is 5.91 Å². The molecule has 20 heavy (non-hydrogen) atoms. The Morgan fingerprint density at radius 2 is 1.75 bits per heavy atom. The van der Waals surface area contributed by atoms with E-state index in [4.69, 9.17) is 5.84 Å². The maximum Gasteiger partial charge on any atom is 0.253 e. The van der Waals surface area contributed by atoms with Crippen molar-refractivity contribution in [3.63, 3.8) is 0 Å². The standard InChI is InChI=1S/C16H19N3O/c1-2-14(12-8-4-3-5-9-12)18-16(20)13-10-6-7-11-15(13)19-17/h3-11,14,19H,2,17H2,1H3,(H,18,20). The van der Waals surface area contributed by atoms with Crippen molar-refractivity contribution in [1.29, 1.82) is 0 Å². The van der Waals surface area contributed by atoms with E-state index < -0.39 is 0 Å². The summed E-state index contributed by atoms with van der Waals surface area (Å²) < 4.78 is 0. The van der Waals surface area contributed by atoms with Crippen molar-refractivity contribution in [2.45, 2.75) is 19.4 Å². The Balaban J connectivity index is 2.18. The van der Waals surface area contributed by atoms with Crippen LogP contribution in [0.1, 0.15) is 35.3 Å². The van der Waals surface area contributed by atoms with E-state index in [-0.39, 0.29) is 11.9 Å². The molecule has 0 aromatic heterocycles. The molecule has 0 bridgehead atoms. The summed E-state index contributed by atoms with van der Waals surface area (Å²) in [6.45, 7) is 2.05. The number of rotatable bonds is 5.